The van der Waals surface area contributed by atoms with Crippen LogP contribution in [0.5, 0.6) is 0 Å². The fraction of sp³-hybridized carbons (Fsp3) is 0.545. The van der Waals surface area contributed by atoms with Gasteiger partial charge in [-0.25, -0.2) is 14.6 Å². The summed E-state index contributed by atoms with van der Waals surface area (Å²) in [7, 11) is 0. The molecule has 0 spiro atoms. The second-order valence-corrected chi connectivity index (χ2v) is 4.27. The van der Waals surface area contributed by atoms with Gasteiger partial charge in [-0.05, 0) is 5.92 Å². The average Bonchev–Trinajstić information content (AvgIpc) is 2.71. The maximum atomic E-state index is 5.97. The second kappa shape index (κ2) is 4.78. The summed E-state index contributed by atoms with van der Waals surface area (Å²) in [5.41, 5.74) is 0.826. The second-order valence-electron chi connectivity index (χ2n) is 3.91. The molecule has 0 aliphatic heterocycles. The molecule has 4 nitrogen and oxygen atoms in total. The molecule has 0 radical (unpaired) electrons. The Morgan fingerprint density at radius 1 is 1.31 bits per heavy atom. The lowest BCUT2D eigenvalue weighted by Gasteiger charge is -2.12. The van der Waals surface area contributed by atoms with E-state index in [4.69, 9.17) is 11.6 Å². The molecule has 2 heterocycles. The number of fused-ring (bicyclic) bond motifs is 1. The highest BCUT2D eigenvalue weighted by Crippen LogP contribution is 2.20. The highest BCUT2D eigenvalue weighted by molar-refractivity contribution is 6.33. The molecule has 0 aliphatic carbocycles. The van der Waals surface area contributed by atoms with Crippen LogP contribution in [0.3, 0.4) is 0 Å². The van der Waals surface area contributed by atoms with Gasteiger partial charge >= 0.3 is 0 Å². The third-order valence-electron chi connectivity index (χ3n) is 2.97. The first-order valence-electron chi connectivity index (χ1n) is 5.58. The maximum Gasteiger partial charge on any atom is 0.162 e. The van der Waals surface area contributed by atoms with Gasteiger partial charge in [-0.3, -0.25) is 0 Å². The minimum absolute atomic E-state index is 0.473. The summed E-state index contributed by atoms with van der Waals surface area (Å²) in [4.78, 5) is 8.17. The van der Waals surface area contributed by atoms with Crippen LogP contribution in [0.1, 0.15) is 26.7 Å². The summed E-state index contributed by atoms with van der Waals surface area (Å²) < 4.78 is 1.92. The fourth-order valence-corrected chi connectivity index (χ4v) is 1.97. The van der Waals surface area contributed by atoms with Crippen molar-refractivity contribution in [3.8, 4) is 0 Å². The quantitative estimate of drug-likeness (QED) is 0.770. The Labute approximate surface area is 99.7 Å². The number of rotatable bonds is 4. The van der Waals surface area contributed by atoms with Crippen LogP contribution in [0.2, 0.25) is 5.15 Å². The molecule has 2 aromatic rings. The van der Waals surface area contributed by atoms with Gasteiger partial charge < -0.3 is 0 Å². The normalized spacial score (nSPS) is 11.5. The van der Waals surface area contributed by atoms with Crippen LogP contribution in [0.25, 0.3) is 11.0 Å². The van der Waals surface area contributed by atoms with Gasteiger partial charge in [-0.15, -0.1) is 0 Å². The van der Waals surface area contributed by atoms with E-state index in [9.17, 15) is 0 Å². The van der Waals surface area contributed by atoms with Crippen LogP contribution in [-0.4, -0.2) is 19.7 Å². The Morgan fingerprint density at radius 3 is 2.75 bits per heavy atom. The lowest BCUT2D eigenvalue weighted by atomic mass is 10.0. The van der Waals surface area contributed by atoms with Gasteiger partial charge in [0.25, 0.3) is 0 Å². The predicted octanol–water partition coefficient (Wildman–Crippen LogP) is 2.92. The Kier molecular flexibility index (Phi) is 3.39. The van der Waals surface area contributed by atoms with E-state index in [2.05, 4.69) is 28.9 Å². The van der Waals surface area contributed by atoms with Crippen molar-refractivity contribution < 1.29 is 0 Å². The molecule has 0 unspecified atom stereocenters. The molecule has 0 amide bonds. The Bertz CT molecular complexity index is 476. The van der Waals surface area contributed by atoms with Crippen LogP contribution in [0.15, 0.2) is 12.5 Å². The number of aromatic nitrogens is 4. The molecule has 2 aromatic heterocycles. The number of hydrogen-bond acceptors (Lipinski definition) is 3. The summed E-state index contributed by atoms with van der Waals surface area (Å²) in [6.07, 6.45) is 5.52. The van der Waals surface area contributed by atoms with Crippen LogP contribution in [0.4, 0.5) is 0 Å². The first-order chi connectivity index (χ1) is 7.76. The largest absolute Gasteiger partial charge is 0.247 e. The molecule has 0 aliphatic rings. The third kappa shape index (κ3) is 2.02. The van der Waals surface area contributed by atoms with E-state index in [1.807, 2.05) is 4.68 Å². The smallest absolute Gasteiger partial charge is 0.162 e. The zero-order chi connectivity index (χ0) is 11.5. The van der Waals surface area contributed by atoms with E-state index in [0.717, 1.165) is 30.4 Å². The van der Waals surface area contributed by atoms with Gasteiger partial charge in [0.2, 0.25) is 0 Å². The van der Waals surface area contributed by atoms with Crippen LogP contribution >= 0.6 is 11.6 Å². The third-order valence-corrected chi connectivity index (χ3v) is 3.27. The molecule has 86 valence electrons. The summed E-state index contributed by atoms with van der Waals surface area (Å²) in [6.45, 7) is 5.29. The lowest BCUT2D eigenvalue weighted by Crippen LogP contribution is -2.10. The molecule has 0 bridgehead atoms. The first kappa shape index (κ1) is 11.3. The summed E-state index contributed by atoms with van der Waals surface area (Å²) in [5, 5.41) is 5.62. The molecular weight excluding hydrogens is 224 g/mol. The Morgan fingerprint density at radius 2 is 2.06 bits per heavy atom. The average molecular weight is 239 g/mol. The van der Waals surface area contributed by atoms with E-state index >= 15 is 0 Å². The first-order valence-corrected chi connectivity index (χ1v) is 5.96. The molecule has 0 saturated carbocycles. The minimum Gasteiger partial charge on any atom is -0.247 e. The minimum atomic E-state index is 0.473. The molecule has 0 atom stereocenters. The topological polar surface area (TPSA) is 43.6 Å². The maximum absolute atomic E-state index is 5.97. The highest BCUT2D eigenvalue weighted by atomic mass is 35.5. The van der Waals surface area contributed by atoms with Crippen molar-refractivity contribution in [1.82, 2.24) is 19.7 Å². The molecular formula is C11H15ClN4. The Hall–Kier alpha value is -1.16. The van der Waals surface area contributed by atoms with E-state index in [1.54, 1.807) is 6.20 Å². The van der Waals surface area contributed by atoms with E-state index < -0.39 is 0 Å². The van der Waals surface area contributed by atoms with Crippen molar-refractivity contribution in [2.75, 3.05) is 0 Å². The summed E-state index contributed by atoms with van der Waals surface area (Å²) >= 11 is 5.97. The van der Waals surface area contributed by atoms with E-state index in [-0.39, 0.29) is 0 Å². The van der Waals surface area contributed by atoms with Crippen molar-refractivity contribution in [3.63, 3.8) is 0 Å². The van der Waals surface area contributed by atoms with Crippen molar-refractivity contribution >= 4 is 22.6 Å². The number of hydrogen-bond donors (Lipinski definition) is 0. The standard InChI is InChI=1S/C11H15ClN4/c1-3-8(4-2)6-16-11-9(5-15-16)10(12)13-7-14-11/h5,7-8H,3-4,6H2,1-2H3. The van der Waals surface area contributed by atoms with Gasteiger partial charge in [0.15, 0.2) is 5.65 Å². The molecule has 2 rings (SSSR count). The van der Waals surface area contributed by atoms with E-state index in [0.29, 0.717) is 11.1 Å². The molecule has 16 heavy (non-hydrogen) atoms. The van der Waals surface area contributed by atoms with Gasteiger partial charge in [0.1, 0.15) is 11.5 Å². The monoisotopic (exact) mass is 238 g/mol. The lowest BCUT2D eigenvalue weighted by molar-refractivity contribution is 0.402. The number of halogens is 1. The molecule has 0 fully saturated rings. The SMILES string of the molecule is CCC(CC)Cn1ncc2c(Cl)ncnc21. The van der Waals surface area contributed by atoms with E-state index in [1.165, 1.54) is 6.33 Å². The van der Waals surface area contributed by atoms with Gasteiger partial charge in [-0.2, -0.15) is 5.10 Å². The highest BCUT2D eigenvalue weighted by Gasteiger charge is 2.11. The zero-order valence-electron chi connectivity index (χ0n) is 9.52. The predicted molar refractivity (Wildman–Crippen MR) is 64.4 cm³/mol. The summed E-state index contributed by atoms with van der Waals surface area (Å²) in [6, 6.07) is 0. The fourth-order valence-electron chi connectivity index (χ4n) is 1.79. The molecule has 0 aromatic carbocycles. The van der Waals surface area contributed by atoms with Crippen molar-refractivity contribution in [2.24, 2.45) is 5.92 Å². The number of nitrogens with zero attached hydrogens (tertiary/aromatic N) is 4. The van der Waals surface area contributed by atoms with Gasteiger partial charge in [0, 0.05) is 6.54 Å². The van der Waals surface area contributed by atoms with Gasteiger partial charge in [0.05, 0.1) is 11.6 Å². The van der Waals surface area contributed by atoms with Gasteiger partial charge in [-0.1, -0.05) is 38.3 Å². The van der Waals surface area contributed by atoms with Crippen LogP contribution in [0, 0.1) is 5.92 Å². The van der Waals surface area contributed by atoms with Crippen molar-refractivity contribution in [3.05, 3.63) is 17.7 Å². The molecule has 0 saturated heterocycles. The Balaban J connectivity index is 2.35. The zero-order valence-corrected chi connectivity index (χ0v) is 10.3. The molecule has 5 heteroatoms. The van der Waals surface area contributed by atoms with Crippen LogP contribution in [-0.2, 0) is 6.54 Å². The molecule has 0 N–H and O–H groups in total. The van der Waals surface area contributed by atoms with Crippen molar-refractivity contribution in [2.45, 2.75) is 33.2 Å². The summed E-state index contributed by atoms with van der Waals surface area (Å²) in [5.74, 6) is 0.636. The van der Waals surface area contributed by atoms with Crippen molar-refractivity contribution in [1.29, 1.82) is 0 Å². The van der Waals surface area contributed by atoms with Crippen LogP contribution < -0.4 is 0 Å².